The Morgan fingerprint density at radius 3 is 2.71 bits per heavy atom. The third-order valence-corrected chi connectivity index (χ3v) is 2.75. The largest absolute Gasteiger partial charge is 0.493 e. The molecule has 0 saturated heterocycles. The van der Waals surface area contributed by atoms with E-state index in [0.29, 0.717) is 31.1 Å². The molecule has 2 N–H and O–H groups in total. The fraction of sp³-hybridized carbons (Fsp3) is 0.533. The predicted molar refractivity (Wildman–Crippen MR) is 86.6 cm³/mol. The van der Waals surface area contributed by atoms with Gasteiger partial charge in [0.2, 0.25) is 0 Å². The standard InChI is InChI=1S/C15H24N2O3.ClH/c1-16-8-4-9-17-15(18)13-6-3-7-14(12-13)20-11-5-10-19-2;/h3,6-7,12,16H,4-5,8-11H2,1-2H3,(H,17,18);1H. The maximum atomic E-state index is 11.9. The van der Waals surface area contributed by atoms with Gasteiger partial charge in [-0.1, -0.05) is 6.07 Å². The molecule has 0 radical (unpaired) electrons. The van der Waals surface area contributed by atoms with Gasteiger partial charge in [0.1, 0.15) is 5.75 Å². The van der Waals surface area contributed by atoms with Crippen LogP contribution in [0.1, 0.15) is 23.2 Å². The fourth-order valence-corrected chi connectivity index (χ4v) is 1.69. The minimum absolute atomic E-state index is 0. The van der Waals surface area contributed by atoms with E-state index in [0.717, 1.165) is 19.4 Å². The van der Waals surface area contributed by atoms with Gasteiger partial charge in [-0.15, -0.1) is 12.4 Å². The molecule has 0 heterocycles. The number of methoxy groups -OCH3 is 1. The molecule has 0 saturated carbocycles. The molecule has 0 aliphatic rings. The SMILES string of the molecule is CNCCCNC(=O)c1cccc(OCCCOC)c1.Cl. The summed E-state index contributed by atoms with van der Waals surface area (Å²) in [5.74, 6) is 0.646. The van der Waals surface area contributed by atoms with Gasteiger partial charge in [0.25, 0.3) is 5.91 Å². The van der Waals surface area contributed by atoms with Crippen molar-refractivity contribution < 1.29 is 14.3 Å². The zero-order valence-electron chi connectivity index (χ0n) is 12.7. The monoisotopic (exact) mass is 316 g/mol. The van der Waals surface area contributed by atoms with Gasteiger partial charge in [-0.05, 0) is 38.2 Å². The average molecular weight is 317 g/mol. The van der Waals surface area contributed by atoms with Gasteiger partial charge in [0.05, 0.1) is 6.61 Å². The lowest BCUT2D eigenvalue weighted by molar-refractivity contribution is 0.0952. The summed E-state index contributed by atoms with van der Waals surface area (Å²) in [4.78, 5) is 11.9. The van der Waals surface area contributed by atoms with Crippen LogP contribution in [0.3, 0.4) is 0 Å². The molecule has 1 aromatic carbocycles. The van der Waals surface area contributed by atoms with E-state index in [1.165, 1.54) is 0 Å². The molecule has 0 fully saturated rings. The van der Waals surface area contributed by atoms with Gasteiger partial charge in [-0.25, -0.2) is 0 Å². The number of halogens is 1. The van der Waals surface area contributed by atoms with E-state index in [2.05, 4.69) is 10.6 Å². The minimum Gasteiger partial charge on any atom is -0.493 e. The highest BCUT2D eigenvalue weighted by Gasteiger charge is 2.05. The Hall–Kier alpha value is -1.30. The van der Waals surface area contributed by atoms with Crippen molar-refractivity contribution in [3.63, 3.8) is 0 Å². The van der Waals surface area contributed by atoms with Crippen LogP contribution in [0.4, 0.5) is 0 Å². The Morgan fingerprint density at radius 2 is 2.00 bits per heavy atom. The zero-order chi connectivity index (χ0) is 14.6. The van der Waals surface area contributed by atoms with Crippen LogP contribution in [0.15, 0.2) is 24.3 Å². The quantitative estimate of drug-likeness (QED) is 0.647. The molecule has 0 aliphatic carbocycles. The van der Waals surface area contributed by atoms with Crippen LogP contribution in [0.2, 0.25) is 0 Å². The summed E-state index contributed by atoms with van der Waals surface area (Å²) in [5.41, 5.74) is 0.624. The molecule has 21 heavy (non-hydrogen) atoms. The molecule has 0 aromatic heterocycles. The van der Waals surface area contributed by atoms with Crippen molar-refractivity contribution in [2.24, 2.45) is 0 Å². The predicted octanol–water partition coefficient (Wildman–Crippen LogP) is 1.86. The Balaban J connectivity index is 0.00000400. The molecule has 1 rings (SSSR count). The van der Waals surface area contributed by atoms with Gasteiger partial charge in [0, 0.05) is 32.2 Å². The zero-order valence-corrected chi connectivity index (χ0v) is 13.5. The van der Waals surface area contributed by atoms with Crippen LogP contribution in [-0.2, 0) is 4.74 Å². The normalized spacial score (nSPS) is 9.81. The molecule has 120 valence electrons. The number of benzene rings is 1. The van der Waals surface area contributed by atoms with Crippen molar-refractivity contribution in [3.05, 3.63) is 29.8 Å². The number of ether oxygens (including phenoxy) is 2. The number of rotatable bonds is 10. The number of hydrogen-bond donors (Lipinski definition) is 2. The molecule has 0 atom stereocenters. The van der Waals surface area contributed by atoms with Gasteiger partial charge in [0.15, 0.2) is 0 Å². The van der Waals surface area contributed by atoms with Gasteiger partial charge < -0.3 is 20.1 Å². The highest BCUT2D eigenvalue weighted by atomic mass is 35.5. The van der Waals surface area contributed by atoms with Crippen molar-refractivity contribution in [1.29, 1.82) is 0 Å². The van der Waals surface area contributed by atoms with Crippen LogP contribution in [0.25, 0.3) is 0 Å². The first kappa shape index (κ1) is 19.7. The molecule has 6 heteroatoms. The first-order chi connectivity index (χ1) is 9.77. The van der Waals surface area contributed by atoms with Crippen LogP contribution in [0.5, 0.6) is 5.75 Å². The highest BCUT2D eigenvalue weighted by molar-refractivity contribution is 5.94. The number of hydrogen-bond acceptors (Lipinski definition) is 4. The molecule has 0 unspecified atom stereocenters. The van der Waals surface area contributed by atoms with E-state index < -0.39 is 0 Å². The van der Waals surface area contributed by atoms with E-state index in [9.17, 15) is 4.79 Å². The summed E-state index contributed by atoms with van der Waals surface area (Å²) in [6.07, 6.45) is 1.74. The summed E-state index contributed by atoms with van der Waals surface area (Å²) >= 11 is 0. The maximum absolute atomic E-state index is 11.9. The fourth-order valence-electron chi connectivity index (χ4n) is 1.69. The lowest BCUT2D eigenvalue weighted by Crippen LogP contribution is -2.26. The van der Waals surface area contributed by atoms with Gasteiger partial charge in [-0.2, -0.15) is 0 Å². The van der Waals surface area contributed by atoms with E-state index in [-0.39, 0.29) is 18.3 Å². The summed E-state index contributed by atoms with van der Waals surface area (Å²) < 4.78 is 10.5. The second-order valence-electron chi connectivity index (χ2n) is 4.44. The van der Waals surface area contributed by atoms with Crippen LogP contribution in [-0.4, -0.2) is 46.4 Å². The molecular formula is C15H25ClN2O3. The van der Waals surface area contributed by atoms with Crippen molar-refractivity contribution in [1.82, 2.24) is 10.6 Å². The number of amides is 1. The van der Waals surface area contributed by atoms with Crippen LogP contribution < -0.4 is 15.4 Å². The van der Waals surface area contributed by atoms with Crippen molar-refractivity contribution in [3.8, 4) is 5.75 Å². The van der Waals surface area contributed by atoms with Crippen LogP contribution >= 0.6 is 12.4 Å². The molecule has 5 nitrogen and oxygen atoms in total. The van der Waals surface area contributed by atoms with Crippen molar-refractivity contribution in [2.45, 2.75) is 12.8 Å². The third kappa shape index (κ3) is 8.55. The van der Waals surface area contributed by atoms with Crippen molar-refractivity contribution in [2.75, 3.05) is 40.5 Å². The van der Waals surface area contributed by atoms with Crippen molar-refractivity contribution >= 4 is 18.3 Å². The second-order valence-corrected chi connectivity index (χ2v) is 4.44. The second kappa shape index (κ2) is 12.4. The molecule has 0 bridgehead atoms. The highest BCUT2D eigenvalue weighted by Crippen LogP contribution is 2.13. The first-order valence-corrected chi connectivity index (χ1v) is 6.92. The van der Waals surface area contributed by atoms with E-state index >= 15 is 0 Å². The number of nitrogens with one attached hydrogen (secondary N) is 2. The number of carbonyl (C=O) groups excluding carboxylic acids is 1. The lowest BCUT2D eigenvalue weighted by atomic mass is 10.2. The topological polar surface area (TPSA) is 59.6 Å². The summed E-state index contributed by atoms with van der Waals surface area (Å²) in [6.45, 7) is 2.81. The third-order valence-electron chi connectivity index (χ3n) is 2.75. The van der Waals surface area contributed by atoms with Gasteiger partial charge >= 0.3 is 0 Å². The lowest BCUT2D eigenvalue weighted by Gasteiger charge is -2.08. The maximum Gasteiger partial charge on any atom is 0.251 e. The minimum atomic E-state index is -0.0663. The Bertz CT molecular complexity index is 402. The first-order valence-electron chi connectivity index (χ1n) is 6.92. The Kier molecular flexibility index (Phi) is 11.7. The average Bonchev–Trinajstić information content (AvgIpc) is 2.48. The molecule has 1 amide bonds. The smallest absolute Gasteiger partial charge is 0.251 e. The van der Waals surface area contributed by atoms with E-state index in [1.54, 1.807) is 19.2 Å². The van der Waals surface area contributed by atoms with E-state index in [1.807, 2.05) is 19.2 Å². The summed E-state index contributed by atoms with van der Waals surface area (Å²) in [5, 5.41) is 5.93. The molecule has 0 aliphatic heterocycles. The number of carbonyl (C=O) groups is 1. The Labute approximate surface area is 132 Å². The summed E-state index contributed by atoms with van der Waals surface area (Å²) in [7, 11) is 3.56. The molecule has 1 aromatic rings. The molecular weight excluding hydrogens is 292 g/mol. The van der Waals surface area contributed by atoms with Gasteiger partial charge in [-0.3, -0.25) is 4.79 Å². The Morgan fingerprint density at radius 1 is 1.19 bits per heavy atom. The molecule has 0 spiro atoms. The van der Waals surface area contributed by atoms with Crippen LogP contribution in [0, 0.1) is 0 Å². The van der Waals surface area contributed by atoms with E-state index in [4.69, 9.17) is 9.47 Å². The summed E-state index contributed by atoms with van der Waals surface area (Å²) in [6, 6.07) is 7.23.